The SMILES string of the molecule is Cc1ncsc1C(=O)N1c2ccc(N)cc2CC1C. The van der Waals surface area contributed by atoms with Gasteiger partial charge in [-0.1, -0.05) is 0 Å². The number of nitrogen functional groups attached to an aromatic ring is 1. The van der Waals surface area contributed by atoms with Crippen LogP contribution in [0.1, 0.15) is 27.9 Å². The van der Waals surface area contributed by atoms with E-state index in [-0.39, 0.29) is 11.9 Å². The lowest BCUT2D eigenvalue weighted by Crippen LogP contribution is -2.35. The predicted octanol–water partition coefficient (Wildman–Crippen LogP) is 2.63. The van der Waals surface area contributed by atoms with Gasteiger partial charge in [0.15, 0.2) is 0 Å². The average Bonchev–Trinajstić information content (AvgIpc) is 2.90. The second-order valence-electron chi connectivity index (χ2n) is 4.88. The van der Waals surface area contributed by atoms with E-state index in [1.807, 2.05) is 30.0 Å². The largest absolute Gasteiger partial charge is 0.399 e. The number of aryl methyl sites for hydroxylation is 1. The minimum atomic E-state index is 0.0380. The fourth-order valence-corrected chi connectivity index (χ4v) is 3.32. The molecule has 1 amide bonds. The molecule has 0 saturated heterocycles. The lowest BCUT2D eigenvalue weighted by atomic mass is 10.1. The lowest BCUT2D eigenvalue weighted by Gasteiger charge is -2.22. The van der Waals surface area contributed by atoms with Crippen molar-refractivity contribution >= 4 is 28.6 Å². The molecule has 1 aliphatic heterocycles. The highest BCUT2D eigenvalue weighted by molar-refractivity contribution is 7.12. The van der Waals surface area contributed by atoms with Gasteiger partial charge in [0.05, 0.1) is 11.2 Å². The van der Waals surface area contributed by atoms with Crippen molar-refractivity contribution in [3.8, 4) is 0 Å². The standard InChI is InChI=1S/C14H15N3OS/c1-8-5-10-6-11(15)3-4-12(10)17(8)14(18)13-9(2)16-7-19-13/h3-4,6-8H,5,15H2,1-2H3. The molecule has 3 rings (SSSR count). The minimum Gasteiger partial charge on any atom is -0.399 e. The summed E-state index contributed by atoms with van der Waals surface area (Å²) in [6.45, 7) is 3.93. The molecule has 0 bridgehead atoms. The van der Waals surface area contributed by atoms with E-state index < -0.39 is 0 Å². The number of thiazole rings is 1. The molecule has 0 radical (unpaired) electrons. The molecular formula is C14H15N3OS. The van der Waals surface area contributed by atoms with Crippen LogP contribution in [0, 0.1) is 6.92 Å². The zero-order valence-corrected chi connectivity index (χ0v) is 11.7. The molecule has 2 heterocycles. The monoisotopic (exact) mass is 273 g/mol. The van der Waals surface area contributed by atoms with Crippen molar-refractivity contribution in [2.75, 3.05) is 10.6 Å². The Labute approximate surface area is 115 Å². The molecule has 1 unspecified atom stereocenters. The van der Waals surface area contributed by atoms with Gasteiger partial charge in [-0.05, 0) is 44.0 Å². The predicted molar refractivity (Wildman–Crippen MR) is 77.7 cm³/mol. The first kappa shape index (κ1) is 12.2. The van der Waals surface area contributed by atoms with Gasteiger partial charge in [-0.2, -0.15) is 0 Å². The van der Waals surface area contributed by atoms with Crippen molar-refractivity contribution in [1.29, 1.82) is 0 Å². The summed E-state index contributed by atoms with van der Waals surface area (Å²) in [6, 6.07) is 5.89. The van der Waals surface area contributed by atoms with Gasteiger partial charge in [0.25, 0.3) is 5.91 Å². The summed E-state index contributed by atoms with van der Waals surface area (Å²) in [7, 11) is 0. The van der Waals surface area contributed by atoms with Crippen LogP contribution in [0.5, 0.6) is 0 Å². The van der Waals surface area contributed by atoms with Gasteiger partial charge in [-0.15, -0.1) is 11.3 Å². The van der Waals surface area contributed by atoms with Crippen LogP contribution in [0.3, 0.4) is 0 Å². The van der Waals surface area contributed by atoms with E-state index in [4.69, 9.17) is 5.73 Å². The molecule has 0 spiro atoms. The maximum atomic E-state index is 12.7. The van der Waals surface area contributed by atoms with Crippen LogP contribution in [0.4, 0.5) is 11.4 Å². The van der Waals surface area contributed by atoms with Crippen molar-refractivity contribution < 1.29 is 4.79 Å². The molecule has 0 fully saturated rings. The number of nitrogens with two attached hydrogens (primary N) is 1. The van der Waals surface area contributed by atoms with E-state index >= 15 is 0 Å². The number of hydrogen-bond acceptors (Lipinski definition) is 4. The Hall–Kier alpha value is -1.88. The third kappa shape index (κ3) is 1.90. The summed E-state index contributed by atoms with van der Waals surface area (Å²) in [5.41, 5.74) is 11.2. The fraction of sp³-hybridized carbons (Fsp3) is 0.286. The van der Waals surface area contributed by atoms with Gasteiger partial charge in [-0.25, -0.2) is 4.98 Å². The number of fused-ring (bicyclic) bond motifs is 1. The van der Waals surface area contributed by atoms with Crippen molar-refractivity contribution in [1.82, 2.24) is 4.98 Å². The minimum absolute atomic E-state index is 0.0380. The number of anilines is 2. The number of benzene rings is 1. The lowest BCUT2D eigenvalue weighted by molar-refractivity contribution is 0.0984. The zero-order valence-electron chi connectivity index (χ0n) is 10.9. The summed E-state index contributed by atoms with van der Waals surface area (Å²) >= 11 is 1.40. The van der Waals surface area contributed by atoms with Crippen LogP contribution in [0.2, 0.25) is 0 Å². The van der Waals surface area contributed by atoms with Gasteiger partial charge in [0.1, 0.15) is 4.88 Å². The zero-order chi connectivity index (χ0) is 13.6. The topological polar surface area (TPSA) is 59.2 Å². The molecule has 98 valence electrons. The van der Waals surface area contributed by atoms with Crippen molar-refractivity contribution in [2.45, 2.75) is 26.3 Å². The number of aromatic nitrogens is 1. The van der Waals surface area contributed by atoms with E-state index in [1.165, 1.54) is 11.3 Å². The van der Waals surface area contributed by atoms with Crippen LogP contribution >= 0.6 is 11.3 Å². The van der Waals surface area contributed by atoms with E-state index in [0.29, 0.717) is 0 Å². The molecule has 1 aliphatic rings. The number of rotatable bonds is 1. The Kier molecular flexibility index (Phi) is 2.78. The maximum absolute atomic E-state index is 12.7. The van der Waals surface area contributed by atoms with Crippen molar-refractivity contribution in [2.24, 2.45) is 0 Å². The molecule has 4 nitrogen and oxygen atoms in total. The van der Waals surface area contributed by atoms with Gasteiger partial charge in [-0.3, -0.25) is 4.79 Å². The Bertz CT molecular complexity index is 650. The molecule has 1 atom stereocenters. The molecule has 19 heavy (non-hydrogen) atoms. The van der Waals surface area contributed by atoms with Crippen LogP contribution in [0.25, 0.3) is 0 Å². The number of carbonyl (C=O) groups is 1. The molecule has 2 N–H and O–H groups in total. The highest BCUT2D eigenvalue weighted by Gasteiger charge is 2.32. The second-order valence-corrected chi connectivity index (χ2v) is 5.74. The number of nitrogens with zero attached hydrogens (tertiary/aromatic N) is 2. The summed E-state index contributed by atoms with van der Waals surface area (Å²) in [4.78, 5) is 19.4. The van der Waals surface area contributed by atoms with Crippen LogP contribution in [0.15, 0.2) is 23.7 Å². The molecule has 0 saturated carbocycles. The molecule has 1 aromatic heterocycles. The maximum Gasteiger partial charge on any atom is 0.270 e. The quantitative estimate of drug-likeness (QED) is 0.813. The summed E-state index contributed by atoms with van der Waals surface area (Å²) in [5, 5.41) is 0. The van der Waals surface area contributed by atoms with Crippen LogP contribution < -0.4 is 10.6 Å². The fourth-order valence-electron chi connectivity index (χ4n) is 2.58. The smallest absolute Gasteiger partial charge is 0.270 e. The Balaban J connectivity index is 2.03. The summed E-state index contributed by atoms with van der Waals surface area (Å²) in [5.74, 6) is 0.0380. The normalized spacial score (nSPS) is 17.6. The van der Waals surface area contributed by atoms with Gasteiger partial charge in [0.2, 0.25) is 0 Å². The first-order valence-corrected chi connectivity index (χ1v) is 7.08. The van der Waals surface area contributed by atoms with Crippen molar-refractivity contribution in [3.63, 3.8) is 0 Å². The van der Waals surface area contributed by atoms with E-state index in [2.05, 4.69) is 11.9 Å². The number of amides is 1. The molecule has 1 aromatic carbocycles. The average molecular weight is 273 g/mol. The highest BCUT2D eigenvalue weighted by Crippen LogP contribution is 2.35. The van der Waals surface area contributed by atoms with Gasteiger partial charge < -0.3 is 10.6 Å². The highest BCUT2D eigenvalue weighted by atomic mass is 32.1. The Morgan fingerprint density at radius 2 is 2.32 bits per heavy atom. The molecule has 5 heteroatoms. The number of carbonyl (C=O) groups excluding carboxylic acids is 1. The summed E-state index contributed by atoms with van der Waals surface area (Å²) < 4.78 is 0. The Morgan fingerprint density at radius 1 is 1.53 bits per heavy atom. The first-order chi connectivity index (χ1) is 9.08. The molecule has 0 aliphatic carbocycles. The van der Waals surface area contributed by atoms with Crippen LogP contribution in [-0.2, 0) is 6.42 Å². The van der Waals surface area contributed by atoms with E-state index in [1.54, 1.807) is 5.51 Å². The number of hydrogen-bond donors (Lipinski definition) is 1. The van der Waals surface area contributed by atoms with Gasteiger partial charge in [0, 0.05) is 17.4 Å². The third-order valence-electron chi connectivity index (χ3n) is 3.48. The third-order valence-corrected chi connectivity index (χ3v) is 4.39. The first-order valence-electron chi connectivity index (χ1n) is 6.20. The van der Waals surface area contributed by atoms with E-state index in [0.717, 1.165) is 33.9 Å². The van der Waals surface area contributed by atoms with E-state index in [9.17, 15) is 4.79 Å². The Morgan fingerprint density at radius 3 is 3.00 bits per heavy atom. The van der Waals surface area contributed by atoms with Crippen molar-refractivity contribution in [3.05, 3.63) is 39.8 Å². The second kappa shape index (κ2) is 4.35. The molecular weight excluding hydrogens is 258 g/mol. The molecule has 2 aromatic rings. The van der Waals surface area contributed by atoms with Crippen LogP contribution in [-0.4, -0.2) is 16.9 Å². The summed E-state index contributed by atoms with van der Waals surface area (Å²) in [6.07, 6.45) is 0.851. The van der Waals surface area contributed by atoms with Gasteiger partial charge >= 0.3 is 0 Å².